The molecule has 1 heterocycles. The molecule has 1 saturated heterocycles. The Balaban J connectivity index is 0.00000361. The fraction of sp³-hybridized carbons (Fsp3) is 0.640. The van der Waals surface area contributed by atoms with E-state index in [1.54, 1.807) is 37.1 Å². The number of carbonyl (C=O) groups excluding carboxylic acids is 2. The first-order chi connectivity index (χ1) is 16.6. The van der Waals surface area contributed by atoms with E-state index in [0.717, 1.165) is 30.6 Å². The molecular formula is C25H32F3KN2O5. The second-order valence-corrected chi connectivity index (χ2v) is 9.66. The van der Waals surface area contributed by atoms with E-state index in [1.807, 2.05) is 0 Å². The number of ether oxygens (including phenoxy) is 3. The van der Waals surface area contributed by atoms with Crippen molar-refractivity contribution in [2.24, 2.45) is 5.92 Å². The first-order valence-corrected chi connectivity index (χ1v) is 12.0. The van der Waals surface area contributed by atoms with Crippen LogP contribution < -0.4 is 56.1 Å². The van der Waals surface area contributed by atoms with Gasteiger partial charge in [0.25, 0.3) is 0 Å². The standard InChI is InChI=1S/C25H32F3N2O5.K/c1-15-10-21(29(23(31)25(26,27)28)13-16-4-7-19(33-2)8-5-16)22(30(15)24(32)34-3)14-35-20-9-6-17-11-18(17)12-20;/h4-5,7-8,15,18,20-22H,6,9-14H2,1-3H3;/q-1;+1/t15-,18?,20?,21+,22+;/m1./s1. The van der Waals surface area contributed by atoms with Gasteiger partial charge in [0, 0.05) is 12.6 Å². The minimum Gasteiger partial charge on any atom is -0.497 e. The number of nitrogens with zero attached hydrogens (tertiary/aromatic N) is 2. The number of likely N-dealkylation sites (tertiary alicyclic amines) is 1. The topological polar surface area (TPSA) is 68.3 Å². The summed E-state index contributed by atoms with van der Waals surface area (Å²) in [7, 11) is 2.73. The van der Waals surface area contributed by atoms with Crippen LogP contribution >= 0.6 is 0 Å². The van der Waals surface area contributed by atoms with Crippen LogP contribution in [0.5, 0.6) is 5.75 Å². The summed E-state index contributed by atoms with van der Waals surface area (Å²) in [5.74, 6) is 0.776. The summed E-state index contributed by atoms with van der Waals surface area (Å²) in [6, 6.07) is 4.47. The van der Waals surface area contributed by atoms with E-state index in [2.05, 4.69) is 0 Å². The van der Waals surface area contributed by atoms with Gasteiger partial charge in [-0.2, -0.15) is 25.5 Å². The first-order valence-electron chi connectivity index (χ1n) is 12.0. The van der Waals surface area contributed by atoms with Crippen LogP contribution in [-0.2, 0) is 20.8 Å². The molecule has 3 fully saturated rings. The maximum atomic E-state index is 13.7. The molecule has 2 unspecified atom stereocenters. The van der Waals surface area contributed by atoms with Crippen LogP contribution in [0.25, 0.3) is 0 Å². The number of fused-ring (bicyclic) bond motifs is 1. The summed E-state index contributed by atoms with van der Waals surface area (Å²) >= 11 is 0. The predicted octanol–water partition coefficient (Wildman–Crippen LogP) is 1.35. The summed E-state index contributed by atoms with van der Waals surface area (Å²) < 4.78 is 57.3. The molecule has 0 radical (unpaired) electrons. The maximum Gasteiger partial charge on any atom is 1.00 e. The van der Waals surface area contributed by atoms with Crippen molar-refractivity contribution in [3.8, 4) is 5.75 Å². The zero-order chi connectivity index (χ0) is 25.3. The van der Waals surface area contributed by atoms with Crippen molar-refractivity contribution < 1.29 is 88.4 Å². The number of alkyl halides is 3. The molecule has 0 aromatic heterocycles. The Bertz CT molecular complexity index is 916. The van der Waals surface area contributed by atoms with E-state index in [9.17, 15) is 22.8 Å². The van der Waals surface area contributed by atoms with E-state index in [4.69, 9.17) is 14.2 Å². The van der Waals surface area contributed by atoms with Crippen LogP contribution in [-0.4, -0.2) is 73.0 Å². The Morgan fingerprint density at radius 1 is 1.17 bits per heavy atom. The Labute approximate surface area is 252 Å². The molecular weight excluding hydrogens is 504 g/mol. The number of carbonyl (C=O) groups is 2. The molecule has 2 saturated carbocycles. The monoisotopic (exact) mass is 536 g/mol. The van der Waals surface area contributed by atoms with Crippen molar-refractivity contribution in [3.05, 3.63) is 35.7 Å². The Morgan fingerprint density at radius 2 is 1.86 bits per heavy atom. The Morgan fingerprint density at radius 3 is 2.44 bits per heavy atom. The fourth-order valence-electron chi connectivity index (χ4n) is 5.49. The van der Waals surface area contributed by atoms with E-state index in [0.29, 0.717) is 17.2 Å². The molecule has 1 aromatic rings. The second-order valence-electron chi connectivity index (χ2n) is 9.66. The molecule has 2 aliphatic carbocycles. The van der Waals surface area contributed by atoms with Gasteiger partial charge in [-0.1, -0.05) is 25.0 Å². The molecule has 194 valence electrons. The van der Waals surface area contributed by atoms with Crippen molar-refractivity contribution in [3.63, 3.8) is 0 Å². The van der Waals surface area contributed by atoms with Crippen LogP contribution in [0.1, 0.15) is 44.6 Å². The number of hydrogen-bond donors (Lipinski definition) is 0. The van der Waals surface area contributed by atoms with Gasteiger partial charge in [-0.25, -0.2) is 11.2 Å². The fourth-order valence-corrected chi connectivity index (χ4v) is 5.49. The molecule has 0 bridgehead atoms. The number of halogens is 3. The van der Waals surface area contributed by atoms with Gasteiger partial charge in [0.2, 0.25) is 0 Å². The molecule has 3 aliphatic rings. The predicted molar refractivity (Wildman–Crippen MR) is 120 cm³/mol. The summed E-state index contributed by atoms with van der Waals surface area (Å²) in [4.78, 5) is 27.5. The van der Waals surface area contributed by atoms with Crippen molar-refractivity contribution in [2.45, 2.75) is 76.0 Å². The van der Waals surface area contributed by atoms with Gasteiger partial charge in [-0.3, -0.25) is 9.69 Å². The van der Waals surface area contributed by atoms with Crippen molar-refractivity contribution in [1.82, 2.24) is 9.80 Å². The van der Waals surface area contributed by atoms with Crippen LogP contribution in [0.15, 0.2) is 24.3 Å². The summed E-state index contributed by atoms with van der Waals surface area (Å²) in [6.45, 7) is 1.54. The Hall–Kier alpha value is -0.854. The van der Waals surface area contributed by atoms with Crippen molar-refractivity contribution in [2.75, 3.05) is 20.8 Å². The third kappa shape index (κ3) is 6.77. The third-order valence-corrected chi connectivity index (χ3v) is 7.42. The molecule has 1 aromatic carbocycles. The minimum atomic E-state index is -5.05. The smallest absolute Gasteiger partial charge is 0.497 e. The Kier molecular flexibility index (Phi) is 10.2. The minimum absolute atomic E-state index is 0. The molecule has 7 nitrogen and oxygen atoms in total. The summed E-state index contributed by atoms with van der Waals surface area (Å²) in [5.41, 5.74) is 0.524. The van der Waals surface area contributed by atoms with Crippen LogP contribution in [0.3, 0.4) is 0 Å². The van der Waals surface area contributed by atoms with E-state index in [-0.39, 0.29) is 77.1 Å². The van der Waals surface area contributed by atoms with Crippen LogP contribution in [0, 0.1) is 11.8 Å². The van der Waals surface area contributed by atoms with Crippen molar-refractivity contribution >= 4 is 12.0 Å². The second kappa shape index (κ2) is 12.3. The number of hydrogen-bond acceptors (Lipinski definition) is 5. The largest absolute Gasteiger partial charge is 1.00 e. The number of methoxy groups -OCH3 is 2. The SMILES string of the molecule is COC(=O)N1[C@H](C)C[C@H](N(Cc2ccc(OC)cc2)C(=O)C(F)(F)F)[C@@H]1COC1CC[C-]2CC2C1.[K+]. The molecule has 11 heteroatoms. The molecule has 5 atom stereocenters. The summed E-state index contributed by atoms with van der Waals surface area (Å²) in [5, 5.41) is 0. The van der Waals surface area contributed by atoms with Gasteiger partial charge in [0.1, 0.15) is 5.75 Å². The third-order valence-electron chi connectivity index (χ3n) is 7.42. The van der Waals surface area contributed by atoms with Crippen LogP contribution in [0.2, 0.25) is 0 Å². The molecule has 0 spiro atoms. The number of benzene rings is 1. The molecule has 4 rings (SSSR count). The van der Waals surface area contributed by atoms with Gasteiger partial charge in [0.15, 0.2) is 0 Å². The first kappa shape index (κ1) is 29.7. The van der Waals surface area contributed by atoms with Crippen molar-refractivity contribution in [1.29, 1.82) is 0 Å². The average molecular weight is 537 g/mol. The molecule has 2 amide bonds. The van der Waals surface area contributed by atoms with Crippen LogP contribution in [0.4, 0.5) is 18.0 Å². The van der Waals surface area contributed by atoms with Gasteiger partial charge in [0.05, 0.1) is 39.0 Å². The average Bonchev–Trinajstić information content (AvgIpc) is 3.54. The molecule has 36 heavy (non-hydrogen) atoms. The van der Waals surface area contributed by atoms with Gasteiger partial charge >= 0.3 is 69.6 Å². The zero-order valence-electron chi connectivity index (χ0n) is 21.2. The number of rotatable bonds is 7. The zero-order valence-corrected chi connectivity index (χ0v) is 24.3. The maximum absolute atomic E-state index is 13.7. The van der Waals surface area contributed by atoms with E-state index >= 15 is 0 Å². The normalized spacial score (nSPS) is 27.6. The molecule has 1 aliphatic heterocycles. The van der Waals surface area contributed by atoms with E-state index in [1.165, 1.54) is 19.1 Å². The van der Waals surface area contributed by atoms with E-state index < -0.39 is 36.3 Å². The van der Waals surface area contributed by atoms with Gasteiger partial charge in [-0.05, 0) is 31.0 Å². The molecule has 0 N–H and O–H groups in total. The number of amides is 2. The quantitative estimate of drug-likeness (QED) is 0.389. The summed E-state index contributed by atoms with van der Waals surface area (Å²) in [6.07, 6.45) is -1.60. The van der Waals surface area contributed by atoms with Gasteiger partial charge in [-0.15, -0.1) is 0 Å². The van der Waals surface area contributed by atoms with Gasteiger partial charge < -0.3 is 25.0 Å².